The van der Waals surface area contributed by atoms with Crippen LogP contribution in [0.1, 0.15) is 35.4 Å². The smallest absolute Gasteiger partial charge is 0.123 e. The van der Waals surface area contributed by atoms with Gasteiger partial charge in [-0.15, -0.1) is 0 Å². The Labute approximate surface area is 206 Å². The second-order valence-corrected chi connectivity index (χ2v) is 10.0. The van der Waals surface area contributed by atoms with Crippen LogP contribution in [-0.2, 0) is 6.54 Å². The van der Waals surface area contributed by atoms with Crippen molar-refractivity contribution < 1.29 is 4.74 Å². The summed E-state index contributed by atoms with van der Waals surface area (Å²) in [5.41, 5.74) is 3.79. The van der Waals surface area contributed by atoms with Gasteiger partial charge in [-0.3, -0.25) is 4.90 Å². The molecule has 3 fully saturated rings. The molecule has 0 amide bonds. The molecule has 3 aromatic carbocycles. The molecule has 0 spiro atoms. The Balaban J connectivity index is 1.51. The first-order chi connectivity index (χ1) is 16.1. The van der Waals surface area contributed by atoms with Crippen LogP contribution in [0.25, 0.3) is 0 Å². The Morgan fingerprint density at radius 3 is 2.03 bits per heavy atom. The van der Waals surface area contributed by atoms with E-state index in [1.807, 2.05) is 36.4 Å². The fraction of sp³-hybridized carbons (Fsp3) is 0.357. The van der Waals surface area contributed by atoms with E-state index in [4.69, 9.17) is 27.9 Å². The number of piperidine rings is 3. The second-order valence-electron chi connectivity index (χ2n) is 9.16. The third-order valence-electron chi connectivity index (χ3n) is 7.39. The Hall–Kier alpha value is -2.04. The van der Waals surface area contributed by atoms with E-state index in [2.05, 4.69) is 46.6 Å². The number of methoxy groups -OCH3 is 1. The van der Waals surface area contributed by atoms with Crippen LogP contribution in [0.4, 0.5) is 0 Å². The van der Waals surface area contributed by atoms with Crippen LogP contribution in [0.5, 0.6) is 5.75 Å². The molecule has 33 heavy (non-hydrogen) atoms. The van der Waals surface area contributed by atoms with Crippen molar-refractivity contribution in [3.63, 3.8) is 0 Å². The number of ether oxygens (including phenoxy) is 1. The molecule has 6 rings (SSSR count). The largest absolute Gasteiger partial charge is 0.496 e. The molecule has 3 saturated heterocycles. The van der Waals surface area contributed by atoms with Gasteiger partial charge in [0, 0.05) is 40.2 Å². The summed E-state index contributed by atoms with van der Waals surface area (Å²) in [6.07, 6.45) is 2.49. The fourth-order valence-electron chi connectivity index (χ4n) is 5.79. The van der Waals surface area contributed by atoms with Gasteiger partial charge in [0.05, 0.1) is 7.11 Å². The molecule has 1 N–H and O–H groups in total. The van der Waals surface area contributed by atoms with Crippen molar-refractivity contribution in [2.45, 2.75) is 37.4 Å². The molecule has 3 aliphatic rings. The lowest BCUT2D eigenvalue weighted by Gasteiger charge is -2.54. The van der Waals surface area contributed by atoms with E-state index < -0.39 is 0 Å². The summed E-state index contributed by atoms with van der Waals surface area (Å²) in [6, 6.07) is 25.8. The third-order valence-corrected chi connectivity index (χ3v) is 7.90. The molecule has 5 heteroatoms. The number of benzene rings is 3. The normalized spacial score (nSPS) is 24.2. The number of nitrogens with one attached hydrogen (secondary N) is 1. The summed E-state index contributed by atoms with van der Waals surface area (Å²) in [5, 5.41) is 5.50. The highest BCUT2D eigenvalue weighted by Gasteiger charge is 2.46. The van der Waals surface area contributed by atoms with E-state index in [0.29, 0.717) is 18.0 Å². The van der Waals surface area contributed by atoms with E-state index >= 15 is 0 Å². The van der Waals surface area contributed by atoms with Crippen LogP contribution in [-0.4, -0.2) is 37.2 Å². The maximum Gasteiger partial charge on any atom is 0.123 e. The predicted molar refractivity (Wildman–Crippen MR) is 136 cm³/mol. The molecule has 3 nitrogen and oxygen atoms in total. The van der Waals surface area contributed by atoms with Crippen molar-refractivity contribution in [3.8, 4) is 5.75 Å². The molecule has 2 atom stereocenters. The maximum absolute atomic E-state index is 6.25. The Morgan fingerprint density at radius 1 is 0.879 bits per heavy atom. The molecule has 0 aromatic heterocycles. The van der Waals surface area contributed by atoms with E-state index in [-0.39, 0.29) is 5.92 Å². The van der Waals surface area contributed by atoms with Crippen LogP contribution >= 0.6 is 23.2 Å². The number of nitrogens with zero attached hydrogens (tertiary/aromatic N) is 1. The number of fused-ring (bicyclic) bond motifs is 3. The van der Waals surface area contributed by atoms with Crippen molar-refractivity contribution in [1.29, 1.82) is 0 Å². The fourth-order valence-corrected chi connectivity index (χ4v) is 6.04. The van der Waals surface area contributed by atoms with Crippen molar-refractivity contribution in [2.24, 2.45) is 5.92 Å². The van der Waals surface area contributed by atoms with Gasteiger partial charge in [-0.05, 0) is 73.3 Å². The summed E-state index contributed by atoms with van der Waals surface area (Å²) < 4.78 is 5.61. The van der Waals surface area contributed by atoms with Gasteiger partial charge >= 0.3 is 0 Å². The Bertz CT molecular complexity index is 1020. The maximum atomic E-state index is 6.25. The van der Waals surface area contributed by atoms with Gasteiger partial charge in [0.25, 0.3) is 0 Å². The molecule has 3 heterocycles. The molecule has 3 aliphatic heterocycles. The van der Waals surface area contributed by atoms with Crippen molar-refractivity contribution >= 4 is 23.2 Å². The molecule has 0 unspecified atom stereocenters. The molecule has 3 aromatic rings. The molecular weight excluding hydrogens is 451 g/mol. The minimum Gasteiger partial charge on any atom is -0.496 e. The SMILES string of the molecule is COc1ccccc1CN[C@H]1C2CCN(CC2)[C@H]1C(c1ccc(Cl)cc1)c1ccc(Cl)cc1. The van der Waals surface area contributed by atoms with Crippen LogP contribution in [0.2, 0.25) is 10.0 Å². The molecule has 172 valence electrons. The predicted octanol–water partition coefficient (Wildman–Crippen LogP) is 6.39. The lowest BCUT2D eigenvalue weighted by molar-refractivity contribution is 0.00462. The van der Waals surface area contributed by atoms with E-state index in [9.17, 15) is 0 Å². The zero-order chi connectivity index (χ0) is 22.8. The summed E-state index contributed by atoms with van der Waals surface area (Å²) >= 11 is 12.5. The first kappa shape index (κ1) is 22.7. The Kier molecular flexibility index (Phi) is 6.94. The first-order valence-corrected chi connectivity index (χ1v) is 12.5. The lowest BCUT2D eigenvalue weighted by atomic mass is 9.70. The van der Waals surface area contributed by atoms with Gasteiger partial charge in [0.15, 0.2) is 0 Å². The number of hydrogen-bond donors (Lipinski definition) is 1. The standard InChI is InChI=1S/C28H30Cl2N2O/c1-33-25-5-3-2-4-22(25)18-31-27-21-14-16-32(17-15-21)28(27)26(19-6-10-23(29)11-7-19)20-8-12-24(30)13-9-20/h2-13,21,26-28,31H,14-18H2,1H3/t27-,28-/m0/s1. The number of para-hydroxylation sites is 1. The van der Waals surface area contributed by atoms with Crippen LogP contribution < -0.4 is 10.1 Å². The van der Waals surface area contributed by atoms with Gasteiger partial charge in [0.2, 0.25) is 0 Å². The van der Waals surface area contributed by atoms with Gasteiger partial charge in [0.1, 0.15) is 5.75 Å². The van der Waals surface area contributed by atoms with Crippen LogP contribution in [0.15, 0.2) is 72.8 Å². The van der Waals surface area contributed by atoms with Crippen LogP contribution in [0, 0.1) is 5.92 Å². The molecular formula is C28H30Cl2N2O. The summed E-state index contributed by atoms with van der Waals surface area (Å²) in [7, 11) is 1.74. The van der Waals surface area contributed by atoms with Gasteiger partial charge in [-0.1, -0.05) is 65.7 Å². The minimum atomic E-state index is 0.234. The summed E-state index contributed by atoms with van der Waals surface area (Å²) in [4.78, 5) is 2.69. The molecule has 0 saturated carbocycles. The molecule has 2 bridgehead atoms. The van der Waals surface area contributed by atoms with Gasteiger partial charge < -0.3 is 10.1 Å². The van der Waals surface area contributed by atoms with Crippen LogP contribution in [0.3, 0.4) is 0 Å². The van der Waals surface area contributed by atoms with Gasteiger partial charge in [-0.25, -0.2) is 0 Å². The highest BCUT2D eigenvalue weighted by Crippen LogP contribution is 2.42. The van der Waals surface area contributed by atoms with E-state index in [1.54, 1.807) is 7.11 Å². The van der Waals surface area contributed by atoms with E-state index in [1.165, 1.54) is 29.5 Å². The van der Waals surface area contributed by atoms with Crippen molar-refractivity contribution in [3.05, 3.63) is 99.5 Å². The summed E-state index contributed by atoms with van der Waals surface area (Å²) in [6.45, 7) is 3.10. The quantitative estimate of drug-likeness (QED) is 0.424. The van der Waals surface area contributed by atoms with Crippen molar-refractivity contribution in [2.75, 3.05) is 20.2 Å². The average Bonchev–Trinajstić information content (AvgIpc) is 2.86. The zero-order valence-electron chi connectivity index (χ0n) is 18.9. The minimum absolute atomic E-state index is 0.234. The number of rotatable bonds is 7. The summed E-state index contributed by atoms with van der Waals surface area (Å²) in [5.74, 6) is 1.84. The van der Waals surface area contributed by atoms with E-state index in [0.717, 1.165) is 35.4 Å². The number of hydrogen-bond acceptors (Lipinski definition) is 3. The third kappa shape index (κ3) is 4.79. The highest BCUT2D eigenvalue weighted by atomic mass is 35.5. The monoisotopic (exact) mass is 480 g/mol. The lowest BCUT2D eigenvalue weighted by Crippen LogP contribution is -2.64. The van der Waals surface area contributed by atoms with Crippen molar-refractivity contribution in [1.82, 2.24) is 10.2 Å². The Morgan fingerprint density at radius 2 is 1.45 bits per heavy atom. The van der Waals surface area contributed by atoms with Gasteiger partial charge in [-0.2, -0.15) is 0 Å². The topological polar surface area (TPSA) is 24.5 Å². The molecule has 0 radical (unpaired) electrons. The molecule has 0 aliphatic carbocycles. The second kappa shape index (κ2) is 10.1. The number of halogens is 2. The average molecular weight is 481 g/mol. The highest BCUT2D eigenvalue weighted by molar-refractivity contribution is 6.30. The first-order valence-electron chi connectivity index (χ1n) is 11.7. The zero-order valence-corrected chi connectivity index (χ0v) is 20.4.